The van der Waals surface area contributed by atoms with E-state index in [0.29, 0.717) is 12.0 Å². The SMILES string of the molecule is CO[C@H]1CCN(Cc2cccc(C)n2)C[C@@H]1Cc1ccccc1.O=C(O)C(F)(F)F.O=C(O)C(F)(F)F. The molecular weight excluding hydrogens is 510 g/mol. The molecule has 2 atom stereocenters. The number of carbonyl (C=O) groups is 2. The second kappa shape index (κ2) is 14.5. The van der Waals surface area contributed by atoms with E-state index in [-0.39, 0.29) is 0 Å². The molecule has 13 heteroatoms. The number of aromatic nitrogens is 1. The van der Waals surface area contributed by atoms with E-state index in [0.717, 1.165) is 38.2 Å². The van der Waals surface area contributed by atoms with Crippen molar-refractivity contribution in [1.29, 1.82) is 0 Å². The van der Waals surface area contributed by atoms with Crippen molar-refractivity contribution in [1.82, 2.24) is 9.88 Å². The number of aliphatic carboxylic acids is 2. The first-order valence-electron chi connectivity index (χ1n) is 10.9. The number of likely N-dealkylation sites (tertiary alicyclic amines) is 1. The third-order valence-electron chi connectivity index (χ3n) is 5.21. The Morgan fingerprint density at radius 1 is 0.973 bits per heavy atom. The van der Waals surface area contributed by atoms with Gasteiger partial charge in [0.2, 0.25) is 0 Å². The van der Waals surface area contributed by atoms with Crippen LogP contribution in [0.25, 0.3) is 0 Å². The van der Waals surface area contributed by atoms with Crippen LogP contribution in [0.15, 0.2) is 48.5 Å². The number of methoxy groups -OCH3 is 1. The summed E-state index contributed by atoms with van der Waals surface area (Å²) in [6, 6.07) is 17.0. The average molecular weight is 538 g/mol. The van der Waals surface area contributed by atoms with Gasteiger partial charge >= 0.3 is 24.3 Å². The average Bonchev–Trinajstić information content (AvgIpc) is 2.80. The zero-order valence-corrected chi connectivity index (χ0v) is 20.1. The van der Waals surface area contributed by atoms with Crippen molar-refractivity contribution >= 4 is 11.9 Å². The molecule has 2 aromatic rings. The van der Waals surface area contributed by atoms with Crippen molar-refractivity contribution in [2.24, 2.45) is 5.92 Å². The summed E-state index contributed by atoms with van der Waals surface area (Å²) in [6.45, 7) is 5.14. The molecule has 7 nitrogen and oxygen atoms in total. The van der Waals surface area contributed by atoms with Crippen molar-refractivity contribution < 1.29 is 50.9 Å². The lowest BCUT2D eigenvalue weighted by molar-refractivity contribution is -0.193. The Bertz CT molecular complexity index is 962. The third-order valence-corrected chi connectivity index (χ3v) is 5.21. The predicted octanol–water partition coefficient (Wildman–Crippen LogP) is 4.74. The van der Waals surface area contributed by atoms with E-state index in [1.807, 2.05) is 7.11 Å². The number of halogens is 6. The fourth-order valence-corrected chi connectivity index (χ4v) is 3.57. The molecule has 1 aromatic heterocycles. The number of pyridine rings is 1. The maximum atomic E-state index is 10.6. The number of piperidine rings is 1. The lowest BCUT2D eigenvalue weighted by atomic mass is 9.88. The normalized spacial score (nSPS) is 18.1. The molecular formula is C24H28F6N2O5. The maximum Gasteiger partial charge on any atom is 0.490 e. The van der Waals surface area contributed by atoms with E-state index in [1.54, 1.807) is 0 Å². The Morgan fingerprint density at radius 3 is 1.97 bits per heavy atom. The smallest absolute Gasteiger partial charge is 0.475 e. The van der Waals surface area contributed by atoms with Crippen molar-refractivity contribution in [3.8, 4) is 0 Å². The number of benzene rings is 1. The zero-order valence-electron chi connectivity index (χ0n) is 20.1. The maximum absolute atomic E-state index is 10.6. The van der Waals surface area contributed by atoms with Gasteiger partial charge in [0.25, 0.3) is 0 Å². The van der Waals surface area contributed by atoms with Crippen LogP contribution in [0.2, 0.25) is 0 Å². The molecule has 0 spiro atoms. The van der Waals surface area contributed by atoms with Crippen LogP contribution in [0.3, 0.4) is 0 Å². The van der Waals surface area contributed by atoms with Crippen LogP contribution < -0.4 is 0 Å². The molecule has 37 heavy (non-hydrogen) atoms. The summed E-state index contributed by atoms with van der Waals surface area (Å²) in [5, 5.41) is 14.2. The summed E-state index contributed by atoms with van der Waals surface area (Å²) in [7, 11) is 1.85. The molecule has 1 aromatic carbocycles. The Balaban J connectivity index is 0.000000404. The van der Waals surface area contributed by atoms with E-state index in [2.05, 4.69) is 65.3 Å². The first-order chi connectivity index (χ1) is 17.1. The van der Waals surface area contributed by atoms with Crippen LogP contribution in [0, 0.1) is 12.8 Å². The molecule has 0 bridgehead atoms. The first kappa shape index (κ1) is 31.8. The highest BCUT2D eigenvalue weighted by Gasteiger charge is 2.38. The number of aryl methyl sites for hydroxylation is 1. The van der Waals surface area contributed by atoms with Crippen LogP contribution in [-0.2, 0) is 27.3 Å². The summed E-state index contributed by atoms with van der Waals surface area (Å²) < 4.78 is 69.2. The van der Waals surface area contributed by atoms with Gasteiger partial charge < -0.3 is 14.9 Å². The molecule has 2 heterocycles. The van der Waals surface area contributed by atoms with Gasteiger partial charge in [-0.05, 0) is 37.5 Å². The van der Waals surface area contributed by atoms with E-state index < -0.39 is 24.3 Å². The van der Waals surface area contributed by atoms with Crippen molar-refractivity contribution in [3.63, 3.8) is 0 Å². The van der Waals surface area contributed by atoms with Gasteiger partial charge in [-0.25, -0.2) is 9.59 Å². The van der Waals surface area contributed by atoms with Gasteiger partial charge in [-0.2, -0.15) is 26.3 Å². The minimum atomic E-state index is -5.08. The summed E-state index contributed by atoms with van der Waals surface area (Å²) in [4.78, 5) is 25.0. The largest absolute Gasteiger partial charge is 0.490 e. The van der Waals surface area contributed by atoms with Gasteiger partial charge in [0.15, 0.2) is 0 Å². The van der Waals surface area contributed by atoms with E-state index in [4.69, 9.17) is 24.5 Å². The van der Waals surface area contributed by atoms with Crippen LogP contribution in [0.5, 0.6) is 0 Å². The number of nitrogens with zero attached hydrogens (tertiary/aromatic N) is 2. The summed E-state index contributed by atoms with van der Waals surface area (Å²) in [5.41, 5.74) is 3.66. The lowest BCUT2D eigenvalue weighted by Crippen LogP contribution is -2.44. The number of carboxylic acids is 2. The molecule has 0 aliphatic carbocycles. The number of ether oxygens (including phenoxy) is 1. The monoisotopic (exact) mass is 538 g/mol. The number of hydrogen-bond acceptors (Lipinski definition) is 5. The van der Waals surface area contributed by atoms with E-state index in [9.17, 15) is 26.3 Å². The second-order valence-corrected chi connectivity index (χ2v) is 8.12. The van der Waals surface area contributed by atoms with Crippen LogP contribution >= 0.6 is 0 Å². The molecule has 0 unspecified atom stereocenters. The molecule has 0 saturated carbocycles. The van der Waals surface area contributed by atoms with E-state index >= 15 is 0 Å². The van der Waals surface area contributed by atoms with Crippen LogP contribution in [0.1, 0.15) is 23.4 Å². The Labute approximate surface area is 209 Å². The molecule has 2 N–H and O–H groups in total. The van der Waals surface area contributed by atoms with Gasteiger partial charge in [0, 0.05) is 38.4 Å². The topological polar surface area (TPSA) is 100.0 Å². The summed E-state index contributed by atoms with van der Waals surface area (Å²) >= 11 is 0. The van der Waals surface area contributed by atoms with Gasteiger partial charge in [-0.15, -0.1) is 0 Å². The fourth-order valence-electron chi connectivity index (χ4n) is 3.57. The van der Waals surface area contributed by atoms with Gasteiger partial charge in [-0.3, -0.25) is 9.88 Å². The van der Waals surface area contributed by atoms with E-state index in [1.165, 1.54) is 11.3 Å². The zero-order chi connectivity index (χ0) is 28.2. The predicted molar refractivity (Wildman–Crippen MR) is 121 cm³/mol. The first-order valence-corrected chi connectivity index (χ1v) is 10.9. The van der Waals surface area contributed by atoms with Crippen LogP contribution in [0.4, 0.5) is 26.3 Å². The molecule has 206 valence electrons. The minimum absolute atomic E-state index is 0.358. The van der Waals surface area contributed by atoms with Gasteiger partial charge in [0.05, 0.1) is 11.8 Å². The molecule has 0 amide bonds. The lowest BCUT2D eigenvalue weighted by Gasteiger charge is -2.38. The molecule has 1 saturated heterocycles. The number of rotatable bonds is 5. The number of hydrogen-bond donors (Lipinski definition) is 2. The standard InChI is InChI=1S/C20H26N2O.2C2HF3O2/c1-16-7-6-10-19(21-16)15-22-12-11-20(23-2)18(14-22)13-17-8-4-3-5-9-17;2*3-2(4,5)1(6)7/h3-10,18,20H,11-15H2,1-2H3;2*(H,6,7)/t18-,20-;;/m0../s1. The summed E-state index contributed by atoms with van der Waals surface area (Å²) in [5.74, 6) is -4.97. The highest BCUT2D eigenvalue weighted by atomic mass is 19.4. The third kappa shape index (κ3) is 12.6. The Hall–Kier alpha value is -3.19. The summed E-state index contributed by atoms with van der Waals surface area (Å²) in [6.07, 6.45) is -7.63. The molecule has 1 aliphatic heterocycles. The molecule has 1 fully saturated rings. The highest BCUT2D eigenvalue weighted by molar-refractivity contribution is 5.73. The Morgan fingerprint density at radius 2 is 1.51 bits per heavy atom. The van der Waals surface area contributed by atoms with Gasteiger partial charge in [0.1, 0.15) is 0 Å². The minimum Gasteiger partial charge on any atom is -0.475 e. The van der Waals surface area contributed by atoms with Crippen molar-refractivity contribution in [3.05, 3.63) is 65.5 Å². The number of carboxylic acid groups (broad SMARTS) is 2. The van der Waals surface area contributed by atoms with Crippen molar-refractivity contribution in [2.45, 2.75) is 44.8 Å². The Kier molecular flexibility index (Phi) is 12.5. The van der Waals surface area contributed by atoms with Crippen LogP contribution in [-0.4, -0.2) is 70.7 Å². The quantitative estimate of drug-likeness (QED) is 0.531. The van der Waals surface area contributed by atoms with Crippen molar-refractivity contribution in [2.75, 3.05) is 20.2 Å². The molecule has 3 rings (SSSR count). The number of alkyl halides is 6. The molecule has 0 radical (unpaired) electrons. The molecule has 1 aliphatic rings. The fraction of sp³-hybridized carbons (Fsp3) is 0.458. The van der Waals surface area contributed by atoms with Gasteiger partial charge in [-0.1, -0.05) is 36.4 Å². The second-order valence-electron chi connectivity index (χ2n) is 8.12. The highest BCUT2D eigenvalue weighted by Crippen LogP contribution is 2.24.